The van der Waals surface area contributed by atoms with Gasteiger partial charge in [0.1, 0.15) is 11.9 Å². The molecular formula is C15H19N5O2. The summed E-state index contributed by atoms with van der Waals surface area (Å²) >= 11 is 0. The van der Waals surface area contributed by atoms with Crippen molar-refractivity contribution >= 4 is 11.7 Å². The summed E-state index contributed by atoms with van der Waals surface area (Å²) in [6.45, 7) is 3.12. The molecule has 3 rings (SSSR count). The van der Waals surface area contributed by atoms with Crippen LogP contribution in [0.2, 0.25) is 0 Å². The average Bonchev–Trinajstić information content (AvgIpc) is 3.07. The van der Waals surface area contributed by atoms with Crippen molar-refractivity contribution in [3.63, 3.8) is 0 Å². The maximum atomic E-state index is 12.3. The van der Waals surface area contributed by atoms with Crippen molar-refractivity contribution in [3.8, 4) is 5.75 Å². The number of anilines is 1. The number of nitrogens with zero attached hydrogens (tertiary/aromatic N) is 4. The number of pyridine rings is 1. The third kappa shape index (κ3) is 3.19. The largest absolute Gasteiger partial charge is 0.487 e. The van der Waals surface area contributed by atoms with E-state index in [1.807, 2.05) is 26.1 Å². The number of hydrogen-bond acceptors (Lipinski definition) is 4. The van der Waals surface area contributed by atoms with Gasteiger partial charge in [0.25, 0.3) is 0 Å². The highest BCUT2D eigenvalue weighted by atomic mass is 16.5. The summed E-state index contributed by atoms with van der Waals surface area (Å²) in [5, 5.41) is 7.11. The molecule has 0 saturated carbocycles. The van der Waals surface area contributed by atoms with Gasteiger partial charge in [-0.2, -0.15) is 5.10 Å². The van der Waals surface area contributed by atoms with Gasteiger partial charge in [0.05, 0.1) is 24.1 Å². The van der Waals surface area contributed by atoms with Gasteiger partial charge in [-0.3, -0.25) is 9.67 Å². The molecule has 2 aromatic rings. The first-order chi connectivity index (χ1) is 10.6. The molecule has 1 saturated heterocycles. The molecule has 2 aromatic heterocycles. The molecule has 1 aliphatic rings. The van der Waals surface area contributed by atoms with E-state index in [9.17, 15) is 4.79 Å². The van der Waals surface area contributed by atoms with Crippen molar-refractivity contribution < 1.29 is 9.53 Å². The fourth-order valence-corrected chi connectivity index (χ4v) is 2.53. The lowest BCUT2D eigenvalue weighted by Crippen LogP contribution is -2.34. The molecule has 1 atom stereocenters. The SMILES string of the molecule is Cc1nn(C)cc1NC(=O)N1CCC(Oc2cccnc2)C1. The number of aromatic nitrogens is 3. The van der Waals surface area contributed by atoms with Crippen LogP contribution in [0.15, 0.2) is 30.7 Å². The molecule has 22 heavy (non-hydrogen) atoms. The highest BCUT2D eigenvalue weighted by Crippen LogP contribution is 2.19. The van der Waals surface area contributed by atoms with Crippen LogP contribution in [0.3, 0.4) is 0 Å². The lowest BCUT2D eigenvalue weighted by atomic mass is 10.3. The molecule has 116 valence electrons. The van der Waals surface area contributed by atoms with E-state index in [1.54, 1.807) is 28.2 Å². The summed E-state index contributed by atoms with van der Waals surface area (Å²) in [6, 6.07) is 3.59. The fourth-order valence-electron chi connectivity index (χ4n) is 2.53. The van der Waals surface area contributed by atoms with Gasteiger partial charge in [-0.05, 0) is 19.1 Å². The van der Waals surface area contributed by atoms with Gasteiger partial charge in [0.15, 0.2) is 0 Å². The van der Waals surface area contributed by atoms with Gasteiger partial charge in [0.2, 0.25) is 0 Å². The number of rotatable bonds is 3. The first-order valence-electron chi connectivity index (χ1n) is 7.24. The van der Waals surface area contributed by atoms with Gasteiger partial charge in [-0.25, -0.2) is 4.79 Å². The molecule has 2 amide bonds. The molecule has 0 spiro atoms. The van der Waals surface area contributed by atoms with E-state index in [0.717, 1.165) is 23.6 Å². The second kappa shape index (κ2) is 6.05. The first-order valence-corrected chi connectivity index (χ1v) is 7.24. The zero-order chi connectivity index (χ0) is 15.5. The van der Waals surface area contributed by atoms with E-state index in [0.29, 0.717) is 13.1 Å². The van der Waals surface area contributed by atoms with Crippen LogP contribution in [0.4, 0.5) is 10.5 Å². The molecule has 0 aromatic carbocycles. The molecular weight excluding hydrogens is 282 g/mol. The number of ether oxygens (including phenoxy) is 1. The smallest absolute Gasteiger partial charge is 0.322 e. The normalized spacial score (nSPS) is 17.5. The summed E-state index contributed by atoms with van der Waals surface area (Å²) in [6.07, 6.45) is 6.01. The summed E-state index contributed by atoms with van der Waals surface area (Å²) in [5.41, 5.74) is 1.54. The molecule has 1 N–H and O–H groups in total. The number of nitrogens with one attached hydrogen (secondary N) is 1. The van der Waals surface area contributed by atoms with Crippen LogP contribution in [-0.4, -0.2) is 44.9 Å². The maximum absolute atomic E-state index is 12.3. The van der Waals surface area contributed by atoms with Crippen LogP contribution in [-0.2, 0) is 7.05 Å². The lowest BCUT2D eigenvalue weighted by Gasteiger charge is -2.17. The third-order valence-electron chi connectivity index (χ3n) is 3.62. The summed E-state index contributed by atoms with van der Waals surface area (Å²) < 4.78 is 7.52. The molecule has 1 fully saturated rings. The Hall–Kier alpha value is -2.57. The number of urea groups is 1. The van der Waals surface area contributed by atoms with Gasteiger partial charge in [0, 0.05) is 32.4 Å². The molecule has 1 unspecified atom stereocenters. The second-order valence-electron chi connectivity index (χ2n) is 5.40. The van der Waals surface area contributed by atoms with Gasteiger partial charge < -0.3 is 15.0 Å². The number of carbonyl (C=O) groups excluding carboxylic acids is 1. The highest BCUT2D eigenvalue weighted by molar-refractivity contribution is 5.89. The zero-order valence-corrected chi connectivity index (χ0v) is 12.7. The highest BCUT2D eigenvalue weighted by Gasteiger charge is 2.28. The molecule has 7 nitrogen and oxygen atoms in total. The molecule has 3 heterocycles. The first kappa shape index (κ1) is 14.4. The Kier molecular flexibility index (Phi) is 3.95. The summed E-state index contributed by atoms with van der Waals surface area (Å²) in [5.74, 6) is 0.734. The summed E-state index contributed by atoms with van der Waals surface area (Å²) in [7, 11) is 1.83. The van der Waals surface area contributed by atoms with Gasteiger partial charge in [-0.1, -0.05) is 0 Å². The van der Waals surface area contributed by atoms with Crippen LogP contribution in [0, 0.1) is 6.92 Å². The van der Waals surface area contributed by atoms with E-state index in [-0.39, 0.29) is 12.1 Å². The summed E-state index contributed by atoms with van der Waals surface area (Å²) in [4.78, 5) is 18.1. The third-order valence-corrected chi connectivity index (χ3v) is 3.62. The van der Waals surface area contributed by atoms with Crippen molar-refractivity contribution in [3.05, 3.63) is 36.4 Å². The lowest BCUT2D eigenvalue weighted by molar-refractivity contribution is 0.194. The van der Waals surface area contributed by atoms with Crippen molar-refractivity contribution in [2.45, 2.75) is 19.4 Å². The maximum Gasteiger partial charge on any atom is 0.322 e. The van der Waals surface area contributed by atoms with E-state index in [2.05, 4.69) is 15.4 Å². The Labute approximate surface area is 128 Å². The predicted molar refractivity (Wildman–Crippen MR) is 81.8 cm³/mol. The minimum atomic E-state index is -0.117. The van der Waals surface area contributed by atoms with Gasteiger partial charge in [-0.15, -0.1) is 0 Å². The number of amides is 2. The zero-order valence-electron chi connectivity index (χ0n) is 12.7. The number of hydrogen-bond donors (Lipinski definition) is 1. The Morgan fingerprint density at radius 2 is 2.36 bits per heavy atom. The average molecular weight is 301 g/mol. The molecule has 0 radical (unpaired) electrons. The van der Waals surface area contributed by atoms with Crippen LogP contribution in [0.5, 0.6) is 5.75 Å². The monoisotopic (exact) mass is 301 g/mol. The van der Waals surface area contributed by atoms with Crippen molar-refractivity contribution in [2.24, 2.45) is 7.05 Å². The van der Waals surface area contributed by atoms with Crippen molar-refractivity contribution in [1.82, 2.24) is 19.7 Å². The number of likely N-dealkylation sites (tertiary alicyclic amines) is 1. The fraction of sp³-hybridized carbons (Fsp3) is 0.400. The van der Waals surface area contributed by atoms with Crippen LogP contribution < -0.4 is 10.1 Å². The predicted octanol–water partition coefficient (Wildman–Crippen LogP) is 1.81. The molecule has 7 heteroatoms. The quantitative estimate of drug-likeness (QED) is 0.938. The van der Waals surface area contributed by atoms with Gasteiger partial charge >= 0.3 is 6.03 Å². The molecule has 1 aliphatic heterocycles. The van der Waals surface area contributed by atoms with Crippen molar-refractivity contribution in [2.75, 3.05) is 18.4 Å². The molecule has 0 bridgehead atoms. The Morgan fingerprint density at radius 1 is 1.50 bits per heavy atom. The van der Waals surface area contributed by atoms with Crippen molar-refractivity contribution in [1.29, 1.82) is 0 Å². The molecule has 0 aliphatic carbocycles. The topological polar surface area (TPSA) is 72.3 Å². The van der Waals surface area contributed by atoms with E-state index < -0.39 is 0 Å². The Bertz CT molecular complexity index is 655. The van der Waals surface area contributed by atoms with E-state index in [4.69, 9.17) is 4.74 Å². The minimum absolute atomic E-state index is 0.00458. The second-order valence-corrected chi connectivity index (χ2v) is 5.40. The van der Waals surface area contributed by atoms with Crippen LogP contribution in [0.1, 0.15) is 12.1 Å². The van der Waals surface area contributed by atoms with Crippen LogP contribution in [0.25, 0.3) is 0 Å². The number of carbonyl (C=O) groups is 1. The Balaban J connectivity index is 1.56. The number of aryl methyl sites for hydroxylation is 2. The van der Waals surface area contributed by atoms with Crippen LogP contribution >= 0.6 is 0 Å². The standard InChI is InChI=1S/C15H19N5O2/c1-11-14(10-19(2)18-11)17-15(21)20-7-5-13(9-20)22-12-4-3-6-16-8-12/h3-4,6,8,10,13H,5,7,9H2,1-2H3,(H,17,21). The Morgan fingerprint density at radius 3 is 3.05 bits per heavy atom. The minimum Gasteiger partial charge on any atom is -0.487 e. The van der Waals surface area contributed by atoms with E-state index in [1.165, 1.54) is 0 Å². The van der Waals surface area contributed by atoms with E-state index >= 15 is 0 Å².